The molecule has 0 aliphatic heterocycles. The first-order valence-electron chi connectivity index (χ1n) is 5.80. The molecule has 0 saturated heterocycles. The van der Waals surface area contributed by atoms with Crippen molar-refractivity contribution >= 4 is 0 Å². The lowest BCUT2D eigenvalue weighted by molar-refractivity contribution is 0.348. The predicted molar refractivity (Wildman–Crippen MR) is 56.8 cm³/mol. The molecule has 1 atom stereocenters. The van der Waals surface area contributed by atoms with E-state index >= 15 is 0 Å². The van der Waals surface area contributed by atoms with Gasteiger partial charge in [0, 0.05) is 6.04 Å². The van der Waals surface area contributed by atoms with Gasteiger partial charge in [-0.05, 0) is 25.8 Å². The molecule has 2 heteroatoms. The predicted octanol–water partition coefficient (Wildman–Crippen LogP) is 2.27. The van der Waals surface area contributed by atoms with Crippen LogP contribution in [0.5, 0.6) is 0 Å². The molecular weight excluding hydrogens is 160 g/mol. The van der Waals surface area contributed by atoms with Crippen molar-refractivity contribution in [3.63, 3.8) is 0 Å². The molecule has 1 saturated carbocycles. The zero-order valence-electron chi connectivity index (χ0n) is 9.05. The van der Waals surface area contributed by atoms with E-state index in [-0.39, 0.29) is 0 Å². The number of nitrogens with one attached hydrogen (secondary N) is 1. The monoisotopic (exact) mass is 183 g/mol. The van der Waals surface area contributed by atoms with Crippen molar-refractivity contribution in [1.29, 1.82) is 0 Å². The van der Waals surface area contributed by atoms with Gasteiger partial charge in [0.25, 0.3) is 0 Å². The second-order valence-corrected chi connectivity index (χ2v) is 3.95. The number of nitrogens with zero attached hydrogens (tertiary/aromatic N) is 1. The van der Waals surface area contributed by atoms with Crippen LogP contribution in [-0.4, -0.2) is 18.8 Å². The molecule has 13 heavy (non-hydrogen) atoms. The molecular formula is C11H23N2. The van der Waals surface area contributed by atoms with Gasteiger partial charge in [-0.2, -0.15) is 0 Å². The highest BCUT2D eigenvalue weighted by atomic mass is 15.1. The summed E-state index contributed by atoms with van der Waals surface area (Å²) in [4.78, 5) is 0. The van der Waals surface area contributed by atoms with Crippen LogP contribution < -0.4 is 10.6 Å². The van der Waals surface area contributed by atoms with E-state index in [0.717, 1.165) is 6.54 Å². The van der Waals surface area contributed by atoms with E-state index in [1.165, 1.54) is 38.5 Å². The number of hydrogen-bond acceptors (Lipinski definition) is 1. The molecule has 0 aromatic heterocycles. The molecule has 0 spiro atoms. The summed E-state index contributed by atoms with van der Waals surface area (Å²) in [6.07, 6.45) is 8.28. The molecule has 1 radical (unpaired) electrons. The molecule has 1 unspecified atom stereocenters. The van der Waals surface area contributed by atoms with Crippen molar-refractivity contribution in [1.82, 2.24) is 10.6 Å². The molecule has 1 rings (SSSR count). The molecule has 1 aliphatic carbocycles. The Labute approximate surface area is 82.5 Å². The number of rotatable bonds is 6. The summed E-state index contributed by atoms with van der Waals surface area (Å²) in [5.74, 6) is 0. The zero-order chi connectivity index (χ0) is 9.52. The minimum absolute atomic E-state index is 0.429. The molecule has 1 fully saturated rings. The van der Waals surface area contributed by atoms with Gasteiger partial charge >= 0.3 is 0 Å². The van der Waals surface area contributed by atoms with Gasteiger partial charge in [-0.1, -0.05) is 33.1 Å². The van der Waals surface area contributed by atoms with Gasteiger partial charge in [-0.15, -0.1) is 0 Å². The lowest BCUT2D eigenvalue weighted by atomic mass is 10.2. The molecule has 2 nitrogen and oxygen atoms in total. The first-order chi connectivity index (χ1) is 6.36. The molecule has 0 aromatic rings. The maximum absolute atomic E-state index is 4.84. The fraction of sp³-hybridized carbons (Fsp3) is 1.00. The largest absolute Gasteiger partial charge is 0.301 e. The Kier molecular flexibility index (Phi) is 5.40. The van der Waals surface area contributed by atoms with Gasteiger partial charge in [-0.3, -0.25) is 0 Å². The van der Waals surface area contributed by atoms with Crippen LogP contribution in [0.1, 0.15) is 52.4 Å². The minimum atomic E-state index is 0.429. The van der Waals surface area contributed by atoms with Crippen LogP contribution in [0, 0.1) is 0 Å². The average Bonchev–Trinajstić information content (AvgIpc) is 2.58. The fourth-order valence-corrected chi connectivity index (χ4v) is 2.05. The summed E-state index contributed by atoms with van der Waals surface area (Å²) < 4.78 is 0. The molecule has 0 amide bonds. The quantitative estimate of drug-likeness (QED) is 0.671. The minimum Gasteiger partial charge on any atom is -0.301 e. The van der Waals surface area contributed by atoms with Gasteiger partial charge in [0.1, 0.15) is 0 Å². The summed E-state index contributed by atoms with van der Waals surface area (Å²) in [5.41, 5.74) is 0. The van der Waals surface area contributed by atoms with Crippen LogP contribution in [0.4, 0.5) is 0 Å². The summed E-state index contributed by atoms with van der Waals surface area (Å²) in [6.45, 7) is 5.43. The van der Waals surface area contributed by atoms with E-state index < -0.39 is 0 Å². The Balaban J connectivity index is 2.19. The Morgan fingerprint density at radius 1 is 1.31 bits per heavy atom. The van der Waals surface area contributed by atoms with Crippen LogP contribution in [0.25, 0.3) is 0 Å². The normalized spacial score (nSPS) is 20.8. The average molecular weight is 183 g/mol. The van der Waals surface area contributed by atoms with E-state index in [1.54, 1.807) is 0 Å². The Morgan fingerprint density at radius 3 is 2.54 bits per heavy atom. The second kappa shape index (κ2) is 6.39. The SMILES string of the molecule is CCCC([N]C1CCCC1)NCC. The molecule has 0 bridgehead atoms. The standard InChI is InChI=1S/C11H23N2/c1-3-7-11(12-4-2)13-10-8-5-6-9-10/h10-12H,3-9H2,1-2H3. The van der Waals surface area contributed by atoms with Crippen molar-refractivity contribution in [3.8, 4) is 0 Å². The van der Waals surface area contributed by atoms with Gasteiger partial charge in [0.2, 0.25) is 0 Å². The van der Waals surface area contributed by atoms with Crippen molar-refractivity contribution in [2.45, 2.75) is 64.6 Å². The van der Waals surface area contributed by atoms with Crippen LogP contribution >= 0.6 is 0 Å². The summed E-state index contributed by atoms with van der Waals surface area (Å²) >= 11 is 0. The summed E-state index contributed by atoms with van der Waals surface area (Å²) in [6, 6.07) is 0.663. The summed E-state index contributed by atoms with van der Waals surface area (Å²) in [5, 5.41) is 8.29. The lowest BCUT2D eigenvalue weighted by Crippen LogP contribution is -2.41. The molecule has 77 valence electrons. The maximum Gasteiger partial charge on any atom is 0.0738 e. The Hall–Kier alpha value is -0.0800. The third kappa shape index (κ3) is 4.10. The smallest absolute Gasteiger partial charge is 0.0738 e. The molecule has 1 N–H and O–H groups in total. The van der Waals surface area contributed by atoms with E-state index in [4.69, 9.17) is 5.32 Å². The van der Waals surface area contributed by atoms with Crippen LogP contribution in [0.3, 0.4) is 0 Å². The van der Waals surface area contributed by atoms with Crippen molar-refractivity contribution in [2.24, 2.45) is 0 Å². The molecule has 1 aliphatic rings. The first kappa shape index (κ1) is 11.0. The Morgan fingerprint density at radius 2 is 2.00 bits per heavy atom. The van der Waals surface area contributed by atoms with Gasteiger partial charge in [-0.25, -0.2) is 5.32 Å². The molecule has 0 heterocycles. The van der Waals surface area contributed by atoms with E-state index in [9.17, 15) is 0 Å². The van der Waals surface area contributed by atoms with E-state index in [0.29, 0.717) is 12.2 Å². The maximum atomic E-state index is 4.84. The zero-order valence-corrected chi connectivity index (χ0v) is 9.05. The van der Waals surface area contributed by atoms with Gasteiger partial charge < -0.3 is 5.32 Å². The van der Waals surface area contributed by atoms with Gasteiger partial charge in [0.05, 0.1) is 6.17 Å². The van der Waals surface area contributed by atoms with Gasteiger partial charge in [0.15, 0.2) is 0 Å². The highest BCUT2D eigenvalue weighted by molar-refractivity contribution is 4.76. The fourth-order valence-electron chi connectivity index (χ4n) is 2.05. The van der Waals surface area contributed by atoms with Crippen molar-refractivity contribution < 1.29 is 0 Å². The topological polar surface area (TPSA) is 26.1 Å². The number of hydrogen-bond donors (Lipinski definition) is 1. The third-order valence-electron chi connectivity index (χ3n) is 2.72. The highest BCUT2D eigenvalue weighted by Gasteiger charge is 2.19. The highest BCUT2D eigenvalue weighted by Crippen LogP contribution is 2.19. The first-order valence-corrected chi connectivity index (χ1v) is 5.80. The lowest BCUT2D eigenvalue weighted by Gasteiger charge is -2.20. The van der Waals surface area contributed by atoms with E-state index in [1.807, 2.05) is 0 Å². The van der Waals surface area contributed by atoms with Crippen molar-refractivity contribution in [3.05, 3.63) is 0 Å². The summed E-state index contributed by atoms with van der Waals surface area (Å²) in [7, 11) is 0. The van der Waals surface area contributed by atoms with Crippen molar-refractivity contribution in [2.75, 3.05) is 6.54 Å². The van der Waals surface area contributed by atoms with Crippen LogP contribution in [0.2, 0.25) is 0 Å². The van der Waals surface area contributed by atoms with E-state index in [2.05, 4.69) is 19.2 Å². The van der Waals surface area contributed by atoms with Crippen LogP contribution in [-0.2, 0) is 0 Å². The van der Waals surface area contributed by atoms with Crippen LogP contribution in [0.15, 0.2) is 0 Å². The molecule has 0 aromatic carbocycles. The Bertz CT molecular complexity index is 113. The second-order valence-electron chi connectivity index (χ2n) is 3.95. The third-order valence-corrected chi connectivity index (χ3v) is 2.72.